The molecule has 8 nitrogen and oxygen atoms in total. The molecule has 0 saturated carbocycles. The Kier molecular flexibility index (Phi) is 3.86. The SMILES string of the molecule is CCCC1(c2nnco2)CC(O)c2cccc(S(N)(=O)=O)c2O1. The second kappa shape index (κ2) is 5.59. The van der Waals surface area contributed by atoms with Gasteiger partial charge in [0.15, 0.2) is 5.60 Å². The molecule has 0 fully saturated rings. The fraction of sp³-hybridized carbons (Fsp3) is 0.429. The van der Waals surface area contributed by atoms with Crippen molar-refractivity contribution in [1.82, 2.24) is 10.2 Å². The van der Waals surface area contributed by atoms with Crippen LogP contribution in [0.1, 0.15) is 43.7 Å². The summed E-state index contributed by atoms with van der Waals surface area (Å²) >= 11 is 0. The second-order valence-corrected chi connectivity index (χ2v) is 7.06. The molecular weight excluding hydrogens is 322 g/mol. The summed E-state index contributed by atoms with van der Waals surface area (Å²) in [4.78, 5) is -0.172. The van der Waals surface area contributed by atoms with Crippen LogP contribution in [0.2, 0.25) is 0 Å². The first-order valence-electron chi connectivity index (χ1n) is 7.17. The Hall–Kier alpha value is -1.97. The van der Waals surface area contributed by atoms with Gasteiger partial charge in [-0.25, -0.2) is 13.6 Å². The van der Waals surface area contributed by atoms with Crippen molar-refractivity contribution in [3.8, 4) is 5.75 Å². The van der Waals surface area contributed by atoms with E-state index >= 15 is 0 Å². The van der Waals surface area contributed by atoms with Crippen LogP contribution in [-0.4, -0.2) is 23.7 Å². The Bertz CT molecular complexity index is 806. The molecule has 2 atom stereocenters. The zero-order valence-corrected chi connectivity index (χ0v) is 13.3. The van der Waals surface area contributed by atoms with Crippen molar-refractivity contribution in [3.05, 3.63) is 36.0 Å². The van der Waals surface area contributed by atoms with E-state index < -0.39 is 21.7 Å². The van der Waals surface area contributed by atoms with E-state index in [0.29, 0.717) is 18.4 Å². The van der Waals surface area contributed by atoms with Gasteiger partial charge in [0, 0.05) is 12.0 Å². The molecule has 0 aliphatic carbocycles. The first-order valence-corrected chi connectivity index (χ1v) is 8.71. The van der Waals surface area contributed by atoms with Crippen molar-refractivity contribution in [2.24, 2.45) is 5.14 Å². The number of nitrogens with zero attached hydrogens (tertiary/aromatic N) is 2. The highest BCUT2D eigenvalue weighted by molar-refractivity contribution is 7.89. The molecule has 9 heteroatoms. The molecule has 0 amide bonds. The van der Waals surface area contributed by atoms with Crippen LogP contribution in [0.25, 0.3) is 0 Å². The number of nitrogens with two attached hydrogens (primary N) is 1. The molecule has 23 heavy (non-hydrogen) atoms. The zero-order chi connectivity index (χ0) is 16.7. The molecule has 2 heterocycles. The second-order valence-electron chi connectivity index (χ2n) is 5.53. The topological polar surface area (TPSA) is 129 Å². The Morgan fingerprint density at radius 1 is 1.48 bits per heavy atom. The van der Waals surface area contributed by atoms with Gasteiger partial charge >= 0.3 is 0 Å². The minimum Gasteiger partial charge on any atom is -0.476 e. The zero-order valence-electron chi connectivity index (χ0n) is 12.5. The molecule has 3 rings (SSSR count). The van der Waals surface area contributed by atoms with Gasteiger partial charge in [0.1, 0.15) is 10.6 Å². The number of primary sulfonamides is 1. The number of para-hydroxylation sites is 1. The first-order chi connectivity index (χ1) is 10.9. The Labute approximate surface area is 133 Å². The Morgan fingerprint density at radius 3 is 2.87 bits per heavy atom. The van der Waals surface area contributed by atoms with Crippen molar-refractivity contribution in [2.45, 2.75) is 42.8 Å². The molecule has 1 aromatic carbocycles. The molecule has 124 valence electrons. The predicted octanol–water partition coefficient (Wildman–Crippen LogP) is 1.23. The lowest BCUT2D eigenvalue weighted by Crippen LogP contribution is -2.39. The number of aliphatic hydroxyl groups is 1. The summed E-state index contributed by atoms with van der Waals surface area (Å²) in [6.07, 6.45) is 1.61. The van der Waals surface area contributed by atoms with Crippen molar-refractivity contribution >= 4 is 10.0 Å². The summed E-state index contributed by atoms with van der Waals surface area (Å²) in [5.41, 5.74) is -0.707. The van der Waals surface area contributed by atoms with Crippen molar-refractivity contribution in [3.63, 3.8) is 0 Å². The fourth-order valence-electron chi connectivity index (χ4n) is 2.95. The van der Waals surface area contributed by atoms with Crippen LogP contribution in [-0.2, 0) is 15.6 Å². The summed E-state index contributed by atoms with van der Waals surface area (Å²) in [6.45, 7) is 1.94. The van der Waals surface area contributed by atoms with Crippen LogP contribution < -0.4 is 9.88 Å². The summed E-state index contributed by atoms with van der Waals surface area (Å²) in [5, 5.41) is 23.3. The molecule has 1 aliphatic heterocycles. The van der Waals surface area contributed by atoms with Crippen LogP contribution in [0.4, 0.5) is 0 Å². The first kappa shape index (κ1) is 15.9. The maximum absolute atomic E-state index is 11.8. The number of aliphatic hydroxyl groups excluding tert-OH is 1. The summed E-state index contributed by atoms with van der Waals surface area (Å²) < 4.78 is 35.0. The molecule has 1 aromatic heterocycles. The number of sulfonamides is 1. The molecule has 0 bridgehead atoms. The number of fused-ring (bicyclic) bond motifs is 1. The number of benzene rings is 1. The van der Waals surface area contributed by atoms with Gasteiger partial charge in [-0.3, -0.25) is 0 Å². The highest BCUT2D eigenvalue weighted by atomic mass is 32.2. The maximum atomic E-state index is 11.8. The van der Waals surface area contributed by atoms with Gasteiger partial charge in [-0.15, -0.1) is 10.2 Å². The number of ether oxygens (including phenoxy) is 1. The van der Waals surface area contributed by atoms with Gasteiger partial charge < -0.3 is 14.3 Å². The third kappa shape index (κ3) is 2.71. The third-order valence-electron chi connectivity index (χ3n) is 3.90. The lowest BCUT2D eigenvalue weighted by atomic mass is 9.85. The molecule has 2 unspecified atom stereocenters. The maximum Gasteiger partial charge on any atom is 0.259 e. The van der Waals surface area contributed by atoms with Gasteiger partial charge in [-0.1, -0.05) is 25.5 Å². The van der Waals surface area contributed by atoms with Crippen LogP contribution in [0.5, 0.6) is 5.75 Å². The van der Waals surface area contributed by atoms with Gasteiger partial charge in [0.25, 0.3) is 5.89 Å². The normalized spacial score (nSPS) is 24.0. The van der Waals surface area contributed by atoms with Crippen LogP contribution in [0.3, 0.4) is 0 Å². The summed E-state index contributed by atoms with van der Waals surface area (Å²) in [5.74, 6) is 0.244. The summed E-state index contributed by atoms with van der Waals surface area (Å²) in [7, 11) is -4.00. The molecule has 3 N–H and O–H groups in total. The quantitative estimate of drug-likeness (QED) is 0.857. The minimum atomic E-state index is -4.00. The number of hydrogen-bond acceptors (Lipinski definition) is 7. The monoisotopic (exact) mass is 339 g/mol. The van der Waals surface area contributed by atoms with Crippen molar-refractivity contribution in [1.29, 1.82) is 0 Å². The standard InChI is InChI=1S/C14H17N3O5S/c1-2-6-14(13-17-16-8-21-13)7-10(18)9-4-3-5-11(12(9)22-14)23(15,19)20/h3-5,8,10,18H,2,6-7H2,1H3,(H2,15,19,20). The van der Waals surface area contributed by atoms with E-state index in [4.69, 9.17) is 14.3 Å². The highest BCUT2D eigenvalue weighted by Gasteiger charge is 2.46. The van der Waals surface area contributed by atoms with Gasteiger partial charge in [0.05, 0.1) is 6.10 Å². The molecule has 0 radical (unpaired) electrons. The van der Waals surface area contributed by atoms with Gasteiger partial charge in [-0.2, -0.15) is 0 Å². The predicted molar refractivity (Wildman–Crippen MR) is 78.9 cm³/mol. The molecule has 1 aliphatic rings. The minimum absolute atomic E-state index is 0.0420. The number of aromatic nitrogens is 2. The highest BCUT2D eigenvalue weighted by Crippen LogP contribution is 2.48. The summed E-state index contributed by atoms with van der Waals surface area (Å²) in [6, 6.07) is 4.47. The molecule has 2 aromatic rings. The smallest absolute Gasteiger partial charge is 0.259 e. The Morgan fingerprint density at radius 2 is 2.26 bits per heavy atom. The van der Waals surface area contributed by atoms with E-state index in [-0.39, 0.29) is 23.0 Å². The van der Waals surface area contributed by atoms with Gasteiger partial charge in [-0.05, 0) is 12.5 Å². The van der Waals surface area contributed by atoms with E-state index in [1.807, 2.05) is 6.92 Å². The largest absolute Gasteiger partial charge is 0.476 e. The average molecular weight is 339 g/mol. The van der Waals surface area contributed by atoms with E-state index in [2.05, 4.69) is 10.2 Å². The molecule has 0 saturated heterocycles. The number of hydrogen-bond donors (Lipinski definition) is 2. The fourth-order valence-corrected chi connectivity index (χ4v) is 3.64. The van der Waals surface area contributed by atoms with Crippen LogP contribution in [0, 0.1) is 0 Å². The van der Waals surface area contributed by atoms with E-state index in [1.54, 1.807) is 6.07 Å². The Balaban J connectivity index is 2.18. The third-order valence-corrected chi connectivity index (χ3v) is 4.83. The number of rotatable bonds is 4. The van der Waals surface area contributed by atoms with Crippen molar-refractivity contribution in [2.75, 3.05) is 0 Å². The van der Waals surface area contributed by atoms with E-state index in [9.17, 15) is 13.5 Å². The average Bonchev–Trinajstić information content (AvgIpc) is 3.01. The van der Waals surface area contributed by atoms with Crippen molar-refractivity contribution < 1.29 is 22.7 Å². The van der Waals surface area contributed by atoms with Gasteiger partial charge in [0.2, 0.25) is 16.4 Å². The van der Waals surface area contributed by atoms with Crippen LogP contribution in [0.15, 0.2) is 33.9 Å². The lowest BCUT2D eigenvalue weighted by molar-refractivity contribution is -0.0452. The molecule has 0 spiro atoms. The van der Waals surface area contributed by atoms with Crippen LogP contribution >= 0.6 is 0 Å². The molecular formula is C14H17N3O5S. The lowest BCUT2D eigenvalue weighted by Gasteiger charge is -2.38. The van der Waals surface area contributed by atoms with E-state index in [1.165, 1.54) is 18.5 Å². The van der Waals surface area contributed by atoms with E-state index in [0.717, 1.165) is 0 Å².